The molecule has 1 aliphatic rings. The molecule has 1 aliphatic heterocycles. The van der Waals surface area contributed by atoms with E-state index in [9.17, 15) is 0 Å². The van der Waals surface area contributed by atoms with Crippen LogP contribution in [-0.2, 0) is 4.43 Å². The zero-order valence-electron chi connectivity index (χ0n) is 10.4. The van der Waals surface area contributed by atoms with Crippen molar-refractivity contribution < 1.29 is 4.43 Å². The van der Waals surface area contributed by atoms with Gasteiger partial charge in [-0.05, 0) is 18.1 Å². The summed E-state index contributed by atoms with van der Waals surface area (Å²) in [6.07, 6.45) is 2.70. The van der Waals surface area contributed by atoms with Crippen LogP contribution in [0.1, 0.15) is 12.8 Å². The molecule has 1 nitrogen and oxygen atoms in total. The quantitative estimate of drug-likeness (QED) is 0.750. The minimum atomic E-state index is -1.23. The summed E-state index contributed by atoms with van der Waals surface area (Å²) in [5, 5.41) is 1.59. The predicted octanol–water partition coefficient (Wildman–Crippen LogP) is 2.68. The lowest BCUT2D eigenvalue weighted by atomic mass is 10.4. The second kappa shape index (κ2) is 5.30. The first kappa shape index (κ1) is 12.1. The maximum atomic E-state index is 6.01. The van der Waals surface area contributed by atoms with Crippen LogP contribution in [0.15, 0.2) is 30.3 Å². The van der Waals surface area contributed by atoms with Gasteiger partial charge < -0.3 is 4.43 Å². The summed E-state index contributed by atoms with van der Waals surface area (Å²) in [6.45, 7) is 6.02. The van der Waals surface area contributed by atoms with Crippen molar-refractivity contribution >= 4 is 22.3 Å². The molecule has 1 heterocycles. The van der Waals surface area contributed by atoms with Crippen LogP contribution in [0.5, 0.6) is 0 Å². The van der Waals surface area contributed by atoms with E-state index < -0.39 is 17.1 Å². The molecule has 1 aromatic rings. The Bertz CT molecular complexity index is 318. The first-order valence-corrected chi connectivity index (χ1v) is 11.7. The van der Waals surface area contributed by atoms with Gasteiger partial charge in [-0.25, -0.2) is 0 Å². The minimum absolute atomic E-state index is 0.859. The highest BCUT2D eigenvalue weighted by molar-refractivity contribution is 6.96. The Balaban J connectivity index is 2.01. The average molecular weight is 250 g/mol. The molecule has 0 spiro atoms. The monoisotopic (exact) mass is 250 g/mol. The van der Waals surface area contributed by atoms with Gasteiger partial charge in [0.05, 0.1) is 8.07 Å². The lowest BCUT2D eigenvalue weighted by Gasteiger charge is -2.29. The third kappa shape index (κ3) is 3.06. The standard InChI is InChI=1S/C13H22OSi2/c1-16(2,13-8-4-3-5-9-13)12-15-11-7-6-10-14-15/h3-5,8-9,15H,6-7,10-12H2,1-2H3. The molecule has 0 aromatic heterocycles. The van der Waals surface area contributed by atoms with Gasteiger partial charge in [-0.1, -0.05) is 55.0 Å². The highest BCUT2D eigenvalue weighted by Crippen LogP contribution is 2.20. The van der Waals surface area contributed by atoms with Crippen molar-refractivity contribution in [3.05, 3.63) is 30.3 Å². The summed E-state index contributed by atoms with van der Waals surface area (Å²) in [7, 11) is -2.09. The van der Waals surface area contributed by atoms with Crippen molar-refractivity contribution in [2.24, 2.45) is 0 Å². The van der Waals surface area contributed by atoms with Gasteiger partial charge in [0.25, 0.3) is 0 Å². The summed E-state index contributed by atoms with van der Waals surface area (Å²) in [4.78, 5) is 0. The van der Waals surface area contributed by atoms with Crippen molar-refractivity contribution in [1.82, 2.24) is 0 Å². The fourth-order valence-corrected chi connectivity index (χ4v) is 11.8. The lowest BCUT2D eigenvalue weighted by molar-refractivity contribution is 0.289. The summed E-state index contributed by atoms with van der Waals surface area (Å²) >= 11 is 0. The Labute approximate surface area is 102 Å². The van der Waals surface area contributed by atoms with E-state index in [0.717, 1.165) is 6.61 Å². The molecule has 0 amide bonds. The van der Waals surface area contributed by atoms with Gasteiger partial charge in [-0.15, -0.1) is 0 Å². The Hall–Kier alpha value is -0.386. The van der Waals surface area contributed by atoms with Crippen LogP contribution in [0.3, 0.4) is 0 Å². The first-order chi connectivity index (χ1) is 7.68. The minimum Gasteiger partial charge on any atom is -0.420 e. The van der Waals surface area contributed by atoms with Crippen LogP contribution in [0.2, 0.25) is 24.8 Å². The van der Waals surface area contributed by atoms with Gasteiger partial charge in [0.15, 0.2) is 9.04 Å². The third-order valence-corrected chi connectivity index (χ3v) is 13.1. The SMILES string of the molecule is C[Si](C)(C[SiH]1CCCCO1)c1ccccc1. The van der Waals surface area contributed by atoms with Crippen molar-refractivity contribution in [1.29, 1.82) is 0 Å². The van der Waals surface area contributed by atoms with Crippen LogP contribution in [0.4, 0.5) is 0 Å². The fraction of sp³-hybridized carbons (Fsp3) is 0.538. The topological polar surface area (TPSA) is 9.23 Å². The molecule has 0 aliphatic carbocycles. The largest absolute Gasteiger partial charge is 0.420 e. The van der Waals surface area contributed by atoms with Gasteiger partial charge in [-0.2, -0.15) is 0 Å². The van der Waals surface area contributed by atoms with E-state index >= 15 is 0 Å². The number of hydrogen-bond donors (Lipinski definition) is 0. The number of rotatable bonds is 3. The molecular formula is C13H22OSi2. The number of benzene rings is 1. The third-order valence-electron chi connectivity index (χ3n) is 3.57. The van der Waals surface area contributed by atoms with E-state index in [2.05, 4.69) is 43.4 Å². The Kier molecular flexibility index (Phi) is 4.00. The molecule has 2 rings (SSSR count). The van der Waals surface area contributed by atoms with Crippen LogP contribution in [0.25, 0.3) is 0 Å². The molecule has 1 atom stereocenters. The predicted molar refractivity (Wildman–Crippen MR) is 75.5 cm³/mol. The normalized spacial score (nSPS) is 22.0. The molecule has 0 saturated carbocycles. The Morgan fingerprint density at radius 2 is 1.94 bits per heavy atom. The lowest BCUT2D eigenvalue weighted by Crippen LogP contribution is -2.46. The maximum Gasteiger partial charge on any atom is 0.174 e. The van der Waals surface area contributed by atoms with Crippen molar-refractivity contribution in [3.8, 4) is 0 Å². The van der Waals surface area contributed by atoms with E-state index in [1.807, 2.05) is 0 Å². The molecule has 16 heavy (non-hydrogen) atoms. The summed E-state index contributed by atoms with van der Waals surface area (Å²) < 4.78 is 6.01. The highest BCUT2D eigenvalue weighted by atomic mass is 28.4. The molecule has 0 bridgehead atoms. The van der Waals surface area contributed by atoms with Crippen LogP contribution in [-0.4, -0.2) is 23.7 Å². The van der Waals surface area contributed by atoms with Crippen molar-refractivity contribution in [2.45, 2.75) is 37.6 Å². The van der Waals surface area contributed by atoms with E-state index in [-0.39, 0.29) is 0 Å². The highest BCUT2D eigenvalue weighted by Gasteiger charge is 2.29. The molecule has 0 N–H and O–H groups in total. The first-order valence-electron chi connectivity index (χ1n) is 6.36. The van der Waals surface area contributed by atoms with Gasteiger partial charge >= 0.3 is 0 Å². The second-order valence-corrected chi connectivity index (χ2v) is 13.6. The van der Waals surface area contributed by atoms with E-state index in [0.29, 0.717) is 0 Å². The Morgan fingerprint density at radius 1 is 1.19 bits per heavy atom. The summed E-state index contributed by atoms with van der Waals surface area (Å²) in [5.74, 6) is 0. The fourth-order valence-electron chi connectivity index (χ4n) is 2.54. The van der Waals surface area contributed by atoms with Crippen molar-refractivity contribution in [2.75, 3.05) is 6.61 Å². The summed E-state index contributed by atoms with van der Waals surface area (Å²) in [5.41, 5.74) is 1.41. The van der Waals surface area contributed by atoms with E-state index in [1.54, 1.807) is 5.19 Å². The van der Waals surface area contributed by atoms with Gasteiger partial charge in [0.2, 0.25) is 0 Å². The molecule has 88 valence electrons. The number of hydrogen-bond acceptors (Lipinski definition) is 1. The molecule has 3 heteroatoms. The van der Waals surface area contributed by atoms with E-state index in [4.69, 9.17) is 4.43 Å². The van der Waals surface area contributed by atoms with Crippen molar-refractivity contribution in [3.63, 3.8) is 0 Å². The molecule has 1 unspecified atom stereocenters. The van der Waals surface area contributed by atoms with Gasteiger partial charge in [0, 0.05) is 6.61 Å². The van der Waals surface area contributed by atoms with Crippen LogP contribution in [0, 0.1) is 0 Å². The smallest absolute Gasteiger partial charge is 0.174 e. The van der Waals surface area contributed by atoms with Crippen LogP contribution < -0.4 is 5.19 Å². The zero-order valence-corrected chi connectivity index (χ0v) is 12.6. The molecule has 0 radical (unpaired) electrons. The second-order valence-electron chi connectivity index (χ2n) is 5.44. The van der Waals surface area contributed by atoms with Gasteiger partial charge in [-0.3, -0.25) is 0 Å². The average Bonchev–Trinajstić information content (AvgIpc) is 2.31. The molecular weight excluding hydrogens is 228 g/mol. The van der Waals surface area contributed by atoms with E-state index in [1.165, 1.54) is 24.6 Å². The molecule has 1 fully saturated rings. The summed E-state index contributed by atoms with van der Waals surface area (Å²) in [6, 6.07) is 12.5. The maximum absolute atomic E-state index is 6.01. The molecule has 1 aromatic carbocycles. The Morgan fingerprint density at radius 3 is 2.56 bits per heavy atom. The van der Waals surface area contributed by atoms with Crippen LogP contribution >= 0.6 is 0 Å². The zero-order chi connectivity index (χ0) is 11.4. The van der Waals surface area contributed by atoms with Gasteiger partial charge in [0.1, 0.15) is 0 Å². The molecule has 1 saturated heterocycles.